The van der Waals surface area contributed by atoms with Crippen LogP contribution in [0.4, 0.5) is 5.69 Å². The second-order valence-electron chi connectivity index (χ2n) is 13.8. The van der Waals surface area contributed by atoms with Crippen molar-refractivity contribution in [3.63, 3.8) is 0 Å². The first-order valence-corrected chi connectivity index (χ1v) is 18.7. The van der Waals surface area contributed by atoms with E-state index in [0.717, 1.165) is 42.9 Å². The molecule has 4 bridgehead atoms. The first-order chi connectivity index (χ1) is 23.0. The molecule has 4 heterocycles. The number of hydrogen-bond acceptors (Lipinski definition) is 7. The zero-order chi connectivity index (χ0) is 33.7. The predicted octanol–water partition coefficient (Wildman–Crippen LogP) is 5.89. The number of carbonyl (C=O) groups excluding carboxylic acids is 2. The Kier molecular flexibility index (Phi) is 8.66. The lowest BCUT2D eigenvalue weighted by atomic mass is 9.61. The summed E-state index contributed by atoms with van der Waals surface area (Å²) in [7, 11) is -0.0153. The Bertz CT molecular complexity index is 1920. The van der Waals surface area contributed by atoms with Gasteiger partial charge in [-0.25, -0.2) is 4.21 Å². The second kappa shape index (κ2) is 12.7. The molecule has 0 radical (unpaired) electrons. The van der Waals surface area contributed by atoms with Crippen LogP contribution in [0, 0.1) is 11.8 Å². The smallest absolute Gasteiger partial charge is 0.286 e. The Hall–Kier alpha value is -3.67. The topological polar surface area (TPSA) is 115 Å². The third-order valence-corrected chi connectivity index (χ3v) is 12.9. The molecule has 3 aliphatic heterocycles. The van der Waals surface area contributed by atoms with Crippen molar-refractivity contribution in [1.82, 2.24) is 14.5 Å². The standard InChI is InChI=1S/C36H42ClN5O5S/c1-24-27-18-36(24,46-3)14-5-4-6-15-48(45,40-34(44)28-19-38-41(2)20-28)39-33(43)26-9-12-32-31(17-26)42(21-27)22-35(23-47-32)13-7-8-25-16-29(37)10-11-30(25)35/h5,9-12,14,16-17,19-20,24,27H,4,6-8,13,15,18,21-23H2,1-3H3,(H,39,40,43,44,45)/b14-5+/t24-,27+,35+,36+,48?/m1/s1. The van der Waals surface area contributed by atoms with Crippen molar-refractivity contribution in [2.75, 3.05) is 37.5 Å². The number of fused-ring (bicyclic) bond motifs is 7. The number of benzene rings is 2. The lowest BCUT2D eigenvalue weighted by Crippen LogP contribution is -2.57. The van der Waals surface area contributed by atoms with Gasteiger partial charge in [-0.1, -0.05) is 36.7 Å². The molecule has 2 aromatic carbocycles. The molecule has 1 saturated carbocycles. The summed E-state index contributed by atoms with van der Waals surface area (Å²) < 4.78 is 35.2. The molecule has 2 aliphatic carbocycles. The van der Waals surface area contributed by atoms with Crippen LogP contribution in [-0.2, 0) is 33.5 Å². The minimum atomic E-state index is -3.47. The van der Waals surface area contributed by atoms with E-state index >= 15 is 0 Å². The van der Waals surface area contributed by atoms with Gasteiger partial charge in [-0.3, -0.25) is 19.0 Å². The molecule has 1 unspecified atom stereocenters. The Morgan fingerprint density at radius 2 is 2.06 bits per heavy atom. The van der Waals surface area contributed by atoms with Crippen molar-refractivity contribution in [3.8, 4) is 5.75 Å². The van der Waals surface area contributed by atoms with E-state index in [1.165, 1.54) is 28.2 Å². The summed E-state index contributed by atoms with van der Waals surface area (Å²) in [6.45, 7) is 4.21. The zero-order valence-electron chi connectivity index (χ0n) is 27.6. The molecule has 48 heavy (non-hydrogen) atoms. The van der Waals surface area contributed by atoms with Gasteiger partial charge in [0.05, 0.1) is 35.4 Å². The maximum Gasteiger partial charge on any atom is 0.286 e. The van der Waals surface area contributed by atoms with Crippen molar-refractivity contribution in [3.05, 3.63) is 88.2 Å². The Balaban J connectivity index is 1.30. The van der Waals surface area contributed by atoms with E-state index in [0.29, 0.717) is 37.7 Å². The number of halogens is 1. The first-order valence-electron chi connectivity index (χ1n) is 16.7. The number of rotatable bonds is 3. The van der Waals surface area contributed by atoms with Crippen LogP contribution >= 0.6 is 11.6 Å². The number of amides is 2. The van der Waals surface area contributed by atoms with Gasteiger partial charge in [-0.15, -0.1) is 4.36 Å². The maximum absolute atomic E-state index is 14.2. The number of hydrogen-bond donors (Lipinski definition) is 1. The Morgan fingerprint density at radius 1 is 1.21 bits per heavy atom. The highest BCUT2D eigenvalue weighted by atomic mass is 35.5. The van der Waals surface area contributed by atoms with Crippen LogP contribution < -0.4 is 14.4 Å². The fourth-order valence-corrected chi connectivity index (χ4v) is 9.82. The van der Waals surface area contributed by atoms with E-state index in [-0.39, 0.29) is 28.2 Å². The fourth-order valence-electron chi connectivity index (χ4n) is 8.05. The normalized spacial score (nSPS) is 30.7. The molecule has 10 nitrogen and oxygen atoms in total. The molecule has 1 fully saturated rings. The van der Waals surface area contributed by atoms with Crippen LogP contribution in [0.1, 0.15) is 70.9 Å². The predicted molar refractivity (Wildman–Crippen MR) is 186 cm³/mol. The molecule has 1 aromatic heterocycles. The molecule has 0 saturated heterocycles. The van der Waals surface area contributed by atoms with Crippen LogP contribution in [0.25, 0.3) is 0 Å². The van der Waals surface area contributed by atoms with Crippen LogP contribution in [-0.4, -0.2) is 64.0 Å². The molecule has 3 aromatic rings. The fraction of sp³-hybridized carbons (Fsp3) is 0.472. The van der Waals surface area contributed by atoms with E-state index in [1.807, 2.05) is 18.2 Å². The van der Waals surface area contributed by atoms with E-state index in [1.54, 1.807) is 20.2 Å². The van der Waals surface area contributed by atoms with E-state index in [2.05, 4.69) is 50.3 Å². The quantitative estimate of drug-likeness (QED) is 0.341. The second-order valence-corrected chi connectivity index (χ2v) is 16.3. The summed E-state index contributed by atoms with van der Waals surface area (Å²) >= 11 is 6.44. The maximum atomic E-state index is 14.2. The van der Waals surface area contributed by atoms with Crippen molar-refractivity contribution in [1.29, 1.82) is 0 Å². The molecule has 2 amide bonds. The molecule has 12 heteroatoms. The summed E-state index contributed by atoms with van der Waals surface area (Å²) in [4.78, 5) is 29.3. The highest BCUT2D eigenvalue weighted by Gasteiger charge is 2.51. The largest absolute Gasteiger partial charge is 0.490 e. The van der Waals surface area contributed by atoms with Gasteiger partial charge in [0.1, 0.15) is 15.7 Å². The van der Waals surface area contributed by atoms with Crippen molar-refractivity contribution < 1.29 is 23.3 Å². The molecule has 1 N–H and O–H groups in total. The van der Waals surface area contributed by atoms with Crippen LogP contribution in [0.5, 0.6) is 5.75 Å². The molecule has 8 rings (SSSR count). The van der Waals surface area contributed by atoms with Crippen LogP contribution in [0.2, 0.25) is 5.02 Å². The highest BCUT2D eigenvalue weighted by Crippen LogP contribution is 2.50. The zero-order valence-corrected chi connectivity index (χ0v) is 29.2. The number of methoxy groups -OCH3 is 1. The number of nitrogens with one attached hydrogen (secondary N) is 1. The number of aromatic nitrogens is 2. The summed E-state index contributed by atoms with van der Waals surface area (Å²) in [5.41, 5.74) is 3.21. The highest BCUT2D eigenvalue weighted by molar-refractivity contribution is 7.92. The summed E-state index contributed by atoms with van der Waals surface area (Å²) in [5, 5.41) is 4.78. The molecule has 254 valence electrons. The van der Waals surface area contributed by atoms with Gasteiger partial charge in [0.15, 0.2) is 0 Å². The molecule has 5 atom stereocenters. The summed E-state index contributed by atoms with van der Waals surface area (Å²) in [6, 6.07) is 11.5. The van der Waals surface area contributed by atoms with Gasteiger partial charge in [0.25, 0.3) is 11.8 Å². The Labute approximate surface area is 287 Å². The van der Waals surface area contributed by atoms with E-state index in [9.17, 15) is 13.8 Å². The van der Waals surface area contributed by atoms with Gasteiger partial charge in [0, 0.05) is 49.4 Å². The van der Waals surface area contributed by atoms with Crippen LogP contribution in [0.15, 0.2) is 65.3 Å². The van der Waals surface area contributed by atoms with Gasteiger partial charge in [-0.2, -0.15) is 5.10 Å². The average molecular weight is 692 g/mol. The minimum Gasteiger partial charge on any atom is -0.490 e. The molecule has 1 spiro atoms. The molecular weight excluding hydrogens is 650 g/mol. The number of anilines is 1. The summed E-state index contributed by atoms with van der Waals surface area (Å²) in [6.07, 6.45) is 12.0. The van der Waals surface area contributed by atoms with E-state index < -0.39 is 27.3 Å². The number of aryl methyl sites for hydroxylation is 2. The third-order valence-electron chi connectivity index (χ3n) is 10.8. The number of carbonyl (C=O) groups is 2. The van der Waals surface area contributed by atoms with Crippen molar-refractivity contribution >= 4 is 39.0 Å². The average Bonchev–Trinajstić information content (AvgIpc) is 3.45. The third kappa shape index (κ3) is 6.05. The number of nitrogens with zero attached hydrogens (tertiary/aromatic N) is 4. The molecular formula is C36H42ClN5O5S. The SMILES string of the molecule is CO[C@@]12/C=C/CCCS(=O)(NC(=O)c3cnn(C)c3)=NC(=O)c3ccc4c(c3)N(C[C@H](C1)[C@H]2C)C[C@@]1(CCCc2cc(Cl)ccc21)CO4. The Morgan fingerprint density at radius 3 is 2.83 bits per heavy atom. The minimum absolute atomic E-state index is 0.0133. The van der Waals surface area contributed by atoms with Gasteiger partial charge in [-0.05, 0) is 91.8 Å². The van der Waals surface area contributed by atoms with E-state index in [4.69, 9.17) is 21.1 Å². The number of allylic oxidation sites excluding steroid dienone is 1. The monoisotopic (exact) mass is 691 g/mol. The lowest BCUT2D eigenvalue weighted by molar-refractivity contribution is -0.116. The van der Waals surface area contributed by atoms with Crippen molar-refractivity contribution in [2.45, 2.75) is 56.5 Å². The summed E-state index contributed by atoms with van der Waals surface area (Å²) in [5.74, 6) is 0.0622. The van der Waals surface area contributed by atoms with Crippen molar-refractivity contribution in [2.24, 2.45) is 23.2 Å². The lowest BCUT2D eigenvalue weighted by Gasteiger charge is -2.53. The first kappa shape index (κ1) is 32.9. The van der Waals surface area contributed by atoms with Gasteiger partial charge in [0.2, 0.25) is 0 Å². The van der Waals surface area contributed by atoms with Crippen LogP contribution in [0.3, 0.4) is 0 Å². The molecule has 5 aliphatic rings. The van der Waals surface area contributed by atoms with Gasteiger partial charge < -0.3 is 14.4 Å². The number of ether oxygens (including phenoxy) is 2. The van der Waals surface area contributed by atoms with Gasteiger partial charge >= 0.3 is 0 Å².